The highest BCUT2D eigenvalue weighted by Crippen LogP contribution is 2.34. The van der Waals surface area contributed by atoms with Crippen LogP contribution in [-0.2, 0) is 24.2 Å². The van der Waals surface area contributed by atoms with E-state index in [9.17, 15) is 13.6 Å². The number of hydrogen-bond donors (Lipinski definition) is 1. The van der Waals surface area contributed by atoms with Crippen molar-refractivity contribution in [3.8, 4) is 5.19 Å². The van der Waals surface area contributed by atoms with Crippen molar-refractivity contribution in [2.24, 2.45) is 11.8 Å². The molecule has 1 saturated carbocycles. The van der Waals surface area contributed by atoms with Crippen molar-refractivity contribution in [2.75, 3.05) is 19.7 Å². The first kappa shape index (κ1) is 24.3. The molecule has 1 N–H and O–H groups in total. The second-order valence-electron chi connectivity index (χ2n) is 9.87. The molecule has 0 saturated heterocycles. The Balaban J connectivity index is 1.15. The minimum absolute atomic E-state index is 0.295. The number of halogens is 2. The Labute approximate surface area is 198 Å². The van der Waals surface area contributed by atoms with E-state index in [-0.39, 0.29) is 0 Å². The van der Waals surface area contributed by atoms with Crippen LogP contribution in [0.3, 0.4) is 0 Å². The number of rotatable bonds is 10. The third-order valence-corrected chi connectivity index (χ3v) is 7.78. The standard InChI is InChI=1S/C24H34F2N4O2S/c1-16-11-19(29-28-16)13-20(31)12-18-5-3-17(4-6-18)7-9-30-10-8-22-21(14-30)27-23(33-22)32-15-24(2,25)26/h11,17-18H,3-10,12-15H2,1-2H3,(H,28,29). The van der Waals surface area contributed by atoms with Gasteiger partial charge in [-0.3, -0.25) is 14.8 Å². The highest BCUT2D eigenvalue weighted by Gasteiger charge is 2.27. The third-order valence-electron chi connectivity index (χ3n) is 6.71. The number of ether oxygens (including phenoxy) is 1. The van der Waals surface area contributed by atoms with Gasteiger partial charge >= 0.3 is 0 Å². The molecule has 0 amide bonds. The van der Waals surface area contributed by atoms with Gasteiger partial charge in [0.1, 0.15) is 5.78 Å². The maximum absolute atomic E-state index is 13.0. The van der Waals surface area contributed by atoms with Crippen LogP contribution in [0.5, 0.6) is 5.19 Å². The monoisotopic (exact) mass is 480 g/mol. The van der Waals surface area contributed by atoms with Crippen LogP contribution in [0.2, 0.25) is 0 Å². The fraction of sp³-hybridized carbons (Fsp3) is 0.708. The first-order valence-electron chi connectivity index (χ1n) is 12.0. The third kappa shape index (κ3) is 7.30. The first-order chi connectivity index (χ1) is 15.7. The zero-order valence-electron chi connectivity index (χ0n) is 19.5. The van der Waals surface area contributed by atoms with Crippen LogP contribution in [0.1, 0.15) is 67.4 Å². The number of aromatic nitrogens is 3. The number of thiazole rings is 1. The second-order valence-corrected chi connectivity index (χ2v) is 10.9. The highest BCUT2D eigenvalue weighted by atomic mass is 32.1. The summed E-state index contributed by atoms with van der Waals surface area (Å²) in [5, 5.41) is 7.43. The molecule has 2 aromatic rings. The summed E-state index contributed by atoms with van der Waals surface area (Å²) in [4.78, 5) is 20.4. The number of nitrogens with one attached hydrogen (secondary N) is 1. The van der Waals surface area contributed by atoms with E-state index >= 15 is 0 Å². The molecule has 1 aliphatic heterocycles. The Morgan fingerprint density at radius 2 is 2.06 bits per heavy atom. The summed E-state index contributed by atoms with van der Waals surface area (Å²) in [5.41, 5.74) is 2.82. The lowest BCUT2D eigenvalue weighted by atomic mass is 9.78. The summed E-state index contributed by atoms with van der Waals surface area (Å²) >= 11 is 1.40. The maximum Gasteiger partial charge on any atom is 0.278 e. The molecule has 0 unspecified atom stereocenters. The van der Waals surface area contributed by atoms with Crippen molar-refractivity contribution in [3.63, 3.8) is 0 Å². The summed E-state index contributed by atoms with van der Waals surface area (Å²) in [6.07, 6.45) is 7.83. The lowest BCUT2D eigenvalue weighted by Gasteiger charge is -2.31. The molecule has 0 spiro atoms. The first-order valence-corrected chi connectivity index (χ1v) is 12.8. The molecule has 6 nitrogen and oxygen atoms in total. The van der Waals surface area contributed by atoms with Gasteiger partial charge in [0.15, 0.2) is 6.61 Å². The molecule has 182 valence electrons. The zero-order valence-corrected chi connectivity index (χ0v) is 20.4. The van der Waals surface area contributed by atoms with E-state index in [1.807, 2.05) is 13.0 Å². The molecule has 1 aliphatic carbocycles. The number of aryl methyl sites for hydroxylation is 1. The van der Waals surface area contributed by atoms with Gasteiger partial charge in [-0.05, 0) is 57.1 Å². The summed E-state index contributed by atoms with van der Waals surface area (Å²) in [6.45, 7) is 4.97. The number of carbonyl (C=O) groups excluding carboxylic acids is 1. The van der Waals surface area contributed by atoms with Gasteiger partial charge in [-0.1, -0.05) is 24.2 Å². The molecule has 4 rings (SSSR count). The Hall–Kier alpha value is -1.87. The summed E-state index contributed by atoms with van der Waals surface area (Å²) in [6, 6.07) is 1.95. The Bertz CT molecular complexity index is 931. The van der Waals surface area contributed by atoms with Crippen molar-refractivity contribution in [2.45, 2.75) is 77.7 Å². The van der Waals surface area contributed by atoms with Gasteiger partial charge in [0.25, 0.3) is 11.1 Å². The van der Waals surface area contributed by atoms with E-state index in [4.69, 9.17) is 4.74 Å². The van der Waals surface area contributed by atoms with Crippen LogP contribution in [-0.4, -0.2) is 51.5 Å². The summed E-state index contributed by atoms with van der Waals surface area (Å²) in [5.74, 6) is -1.32. The minimum atomic E-state index is -2.84. The van der Waals surface area contributed by atoms with Crippen LogP contribution in [0.15, 0.2) is 6.07 Å². The Morgan fingerprint density at radius 1 is 1.30 bits per heavy atom. The van der Waals surface area contributed by atoms with E-state index in [1.54, 1.807) is 0 Å². The molecule has 0 bridgehead atoms. The largest absolute Gasteiger partial charge is 0.464 e. The van der Waals surface area contributed by atoms with Crippen LogP contribution < -0.4 is 4.74 Å². The summed E-state index contributed by atoms with van der Waals surface area (Å²) < 4.78 is 31.3. The number of nitrogens with zero attached hydrogens (tertiary/aromatic N) is 3. The molecule has 0 atom stereocenters. The highest BCUT2D eigenvalue weighted by molar-refractivity contribution is 7.13. The lowest BCUT2D eigenvalue weighted by Crippen LogP contribution is -2.32. The van der Waals surface area contributed by atoms with Crippen LogP contribution in [0.4, 0.5) is 8.78 Å². The predicted octanol–water partition coefficient (Wildman–Crippen LogP) is 4.97. The quantitative estimate of drug-likeness (QED) is 0.520. The fourth-order valence-corrected chi connectivity index (χ4v) is 5.83. The lowest BCUT2D eigenvalue weighted by molar-refractivity contribution is -0.119. The number of Topliss-reactive ketones (excluding diaryl/α,β-unsaturated/α-hetero) is 1. The number of carbonyl (C=O) groups is 1. The van der Waals surface area contributed by atoms with E-state index in [1.165, 1.54) is 24.2 Å². The minimum Gasteiger partial charge on any atom is -0.464 e. The maximum atomic E-state index is 13.0. The predicted molar refractivity (Wildman–Crippen MR) is 124 cm³/mol. The molecule has 2 aliphatic rings. The van der Waals surface area contributed by atoms with Crippen LogP contribution in [0.25, 0.3) is 0 Å². The van der Waals surface area contributed by atoms with Crippen molar-refractivity contribution in [1.29, 1.82) is 0 Å². The van der Waals surface area contributed by atoms with Crippen LogP contribution in [0, 0.1) is 18.8 Å². The number of hydrogen-bond acceptors (Lipinski definition) is 6. The Morgan fingerprint density at radius 3 is 2.76 bits per heavy atom. The van der Waals surface area contributed by atoms with Gasteiger partial charge < -0.3 is 4.74 Å². The SMILES string of the molecule is Cc1cc(CC(=O)CC2CCC(CCN3CCc4sc(OCC(C)(F)F)nc4C3)CC2)n[nH]1. The van der Waals surface area contributed by atoms with Crippen LogP contribution >= 0.6 is 11.3 Å². The van der Waals surface area contributed by atoms with Gasteiger partial charge in [-0.25, -0.2) is 13.8 Å². The van der Waals surface area contributed by atoms with Gasteiger partial charge in [-0.15, -0.1) is 0 Å². The molecule has 2 aromatic heterocycles. The number of fused-ring (bicyclic) bond motifs is 1. The normalized spacial score (nSPS) is 21.7. The molecular weight excluding hydrogens is 446 g/mol. The van der Waals surface area contributed by atoms with Crippen molar-refractivity contribution in [1.82, 2.24) is 20.1 Å². The molecule has 9 heteroatoms. The van der Waals surface area contributed by atoms with E-state index in [2.05, 4.69) is 20.1 Å². The molecule has 0 radical (unpaired) electrons. The van der Waals surface area contributed by atoms with Crippen molar-refractivity contribution in [3.05, 3.63) is 28.0 Å². The van der Waals surface area contributed by atoms with Gasteiger partial charge in [0.05, 0.1) is 17.8 Å². The zero-order chi connectivity index (χ0) is 23.4. The second kappa shape index (κ2) is 10.6. The number of ketones is 1. The molecule has 1 fully saturated rings. The topological polar surface area (TPSA) is 71.1 Å². The number of alkyl halides is 2. The molecule has 33 heavy (non-hydrogen) atoms. The molecule has 3 heterocycles. The Kier molecular flexibility index (Phi) is 7.79. The molecule has 0 aromatic carbocycles. The van der Waals surface area contributed by atoms with Gasteiger partial charge in [-0.2, -0.15) is 5.10 Å². The smallest absolute Gasteiger partial charge is 0.278 e. The van der Waals surface area contributed by atoms with E-state index < -0.39 is 12.5 Å². The number of H-pyrrole nitrogens is 1. The van der Waals surface area contributed by atoms with E-state index in [0.29, 0.717) is 35.7 Å². The fourth-order valence-electron chi connectivity index (χ4n) is 4.92. The van der Waals surface area contributed by atoms with Crippen molar-refractivity contribution < 1.29 is 18.3 Å². The van der Waals surface area contributed by atoms with Gasteiger partial charge in [0.2, 0.25) is 0 Å². The van der Waals surface area contributed by atoms with Crippen molar-refractivity contribution >= 4 is 17.1 Å². The molecular formula is C24H34F2N4O2S. The summed E-state index contributed by atoms with van der Waals surface area (Å²) in [7, 11) is 0. The number of aromatic amines is 1. The van der Waals surface area contributed by atoms with Gasteiger partial charge in [0, 0.05) is 37.0 Å². The van der Waals surface area contributed by atoms with E-state index in [0.717, 1.165) is 74.2 Å². The average molecular weight is 481 g/mol. The average Bonchev–Trinajstić information content (AvgIpc) is 3.36.